The summed E-state index contributed by atoms with van der Waals surface area (Å²) in [4.78, 5) is 4.00. The van der Waals surface area contributed by atoms with Crippen LogP contribution in [0.4, 0.5) is 17.6 Å². The van der Waals surface area contributed by atoms with E-state index in [9.17, 15) is 17.6 Å². The second kappa shape index (κ2) is 6.36. The molecule has 0 aliphatic rings. The van der Waals surface area contributed by atoms with E-state index in [0.717, 1.165) is 17.8 Å². The molecule has 0 radical (unpaired) electrons. The molecular weight excluding hydrogens is 316 g/mol. The highest BCUT2D eigenvalue weighted by molar-refractivity contribution is 7.98. The van der Waals surface area contributed by atoms with E-state index in [4.69, 9.17) is 5.26 Å². The standard InChI is InChI=1S/C15H10F4N2S/c1-9-5-13(15(17,18)19)12(7-20)14(21-9)22-8-10-3-2-4-11(16)6-10/h2-6H,8H2,1H3. The van der Waals surface area contributed by atoms with Crippen LogP contribution in [0, 0.1) is 24.1 Å². The van der Waals surface area contributed by atoms with Crippen LogP contribution in [0.15, 0.2) is 35.4 Å². The van der Waals surface area contributed by atoms with Gasteiger partial charge in [0.2, 0.25) is 0 Å². The van der Waals surface area contributed by atoms with E-state index >= 15 is 0 Å². The lowest BCUT2D eigenvalue weighted by Crippen LogP contribution is -2.10. The lowest BCUT2D eigenvalue weighted by molar-refractivity contribution is -0.138. The molecule has 2 nitrogen and oxygen atoms in total. The molecule has 7 heteroatoms. The van der Waals surface area contributed by atoms with E-state index in [1.54, 1.807) is 12.1 Å². The molecule has 1 aromatic carbocycles. The van der Waals surface area contributed by atoms with Crippen LogP contribution < -0.4 is 0 Å². The summed E-state index contributed by atoms with van der Waals surface area (Å²) in [6, 6.07) is 8.16. The van der Waals surface area contributed by atoms with E-state index in [1.807, 2.05) is 0 Å². The smallest absolute Gasteiger partial charge is 0.245 e. The van der Waals surface area contributed by atoms with E-state index in [0.29, 0.717) is 5.56 Å². The molecule has 0 amide bonds. The second-order valence-electron chi connectivity index (χ2n) is 4.52. The molecule has 1 heterocycles. The number of aromatic nitrogens is 1. The first-order valence-corrected chi connectivity index (χ1v) is 7.16. The average Bonchev–Trinajstić information content (AvgIpc) is 2.43. The fourth-order valence-corrected chi connectivity index (χ4v) is 2.85. The largest absolute Gasteiger partial charge is 0.417 e. The van der Waals surface area contributed by atoms with Crippen LogP contribution in [-0.4, -0.2) is 4.98 Å². The molecule has 2 aromatic rings. The summed E-state index contributed by atoms with van der Waals surface area (Å²) in [5.74, 6) is -0.202. The molecule has 1 aromatic heterocycles. The van der Waals surface area contributed by atoms with Gasteiger partial charge in [-0.3, -0.25) is 0 Å². The van der Waals surface area contributed by atoms with Crippen molar-refractivity contribution < 1.29 is 17.6 Å². The van der Waals surface area contributed by atoms with Gasteiger partial charge >= 0.3 is 6.18 Å². The molecule has 0 saturated heterocycles. The van der Waals surface area contributed by atoms with Crippen molar-refractivity contribution in [2.45, 2.75) is 23.9 Å². The molecule has 0 N–H and O–H groups in total. The summed E-state index contributed by atoms with van der Waals surface area (Å²) < 4.78 is 52.0. The minimum atomic E-state index is -4.62. The Labute approximate surface area is 128 Å². The molecule has 0 fully saturated rings. The molecular formula is C15H10F4N2S. The summed E-state index contributed by atoms with van der Waals surface area (Å²) in [6.07, 6.45) is -4.62. The summed E-state index contributed by atoms with van der Waals surface area (Å²) in [6.45, 7) is 1.43. The summed E-state index contributed by atoms with van der Waals surface area (Å²) in [5, 5.41) is 9.03. The van der Waals surface area contributed by atoms with E-state index in [2.05, 4.69) is 4.98 Å². The van der Waals surface area contributed by atoms with Crippen LogP contribution in [-0.2, 0) is 11.9 Å². The predicted octanol–water partition coefficient (Wildman–Crippen LogP) is 4.71. The number of benzene rings is 1. The molecule has 22 heavy (non-hydrogen) atoms. The van der Waals surface area contributed by atoms with Gasteiger partial charge in [-0.05, 0) is 30.7 Å². The van der Waals surface area contributed by atoms with Gasteiger partial charge in [-0.25, -0.2) is 9.37 Å². The zero-order valence-corrected chi connectivity index (χ0v) is 12.2. The van der Waals surface area contributed by atoms with Crippen molar-refractivity contribution in [2.75, 3.05) is 0 Å². The third kappa shape index (κ3) is 3.77. The number of halogens is 4. The van der Waals surface area contributed by atoms with Crippen molar-refractivity contribution >= 4 is 11.8 Å². The van der Waals surface area contributed by atoms with Gasteiger partial charge in [0, 0.05) is 11.4 Å². The number of aryl methyl sites for hydroxylation is 1. The van der Waals surface area contributed by atoms with Gasteiger partial charge in [0.1, 0.15) is 16.9 Å². The van der Waals surface area contributed by atoms with E-state index in [1.165, 1.54) is 25.1 Å². The molecule has 0 unspecified atom stereocenters. The lowest BCUT2D eigenvalue weighted by Gasteiger charge is -2.12. The summed E-state index contributed by atoms with van der Waals surface area (Å²) in [7, 11) is 0. The Kier molecular flexibility index (Phi) is 4.71. The van der Waals surface area contributed by atoms with Gasteiger partial charge in [0.25, 0.3) is 0 Å². The number of pyridine rings is 1. The number of alkyl halides is 3. The Hall–Kier alpha value is -2.07. The Balaban J connectivity index is 2.35. The van der Waals surface area contributed by atoms with Crippen LogP contribution in [0.3, 0.4) is 0 Å². The highest BCUT2D eigenvalue weighted by Crippen LogP contribution is 2.36. The average molecular weight is 326 g/mol. The third-order valence-electron chi connectivity index (χ3n) is 2.80. The lowest BCUT2D eigenvalue weighted by atomic mass is 10.1. The monoisotopic (exact) mass is 326 g/mol. The van der Waals surface area contributed by atoms with Gasteiger partial charge in [-0.1, -0.05) is 12.1 Å². The van der Waals surface area contributed by atoms with Crippen molar-refractivity contribution in [3.8, 4) is 6.07 Å². The van der Waals surface area contributed by atoms with Gasteiger partial charge < -0.3 is 0 Å². The Morgan fingerprint density at radius 3 is 2.59 bits per heavy atom. The minimum absolute atomic E-state index is 0.000846. The highest BCUT2D eigenvalue weighted by Gasteiger charge is 2.35. The van der Waals surface area contributed by atoms with Crippen molar-refractivity contribution in [2.24, 2.45) is 0 Å². The third-order valence-corrected chi connectivity index (χ3v) is 3.84. The van der Waals surface area contributed by atoms with E-state index in [-0.39, 0.29) is 16.5 Å². The zero-order valence-electron chi connectivity index (χ0n) is 11.4. The van der Waals surface area contributed by atoms with Crippen molar-refractivity contribution in [3.63, 3.8) is 0 Å². The van der Waals surface area contributed by atoms with Crippen LogP contribution >= 0.6 is 11.8 Å². The highest BCUT2D eigenvalue weighted by atomic mass is 32.2. The molecule has 114 valence electrons. The minimum Gasteiger partial charge on any atom is -0.245 e. The quantitative estimate of drug-likeness (QED) is 0.605. The normalized spacial score (nSPS) is 11.3. The van der Waals surface area contributed by atoms with Crippen LogP contribution in [0.25, 0.3) is 0 Å². The summed E-state index contributed by atoms with van der Waals surface area (Å²) >= 11 is 0.978. The van der Waals surface area contributed by atoms with E-state index < -0.39 is 23.1 Å². The molecule has 0 aliphatic carbocycles. The van der Waals surface area contributed by atoms with Gasteiger partial charge in [-0.2, -0.15) is 18.4 Å². The number of nitrogens with zero attached hydrogens (tertiary/aromatic N) is 2. The fourth-order valence-electron chi connectivity index (χ4n) is 1.86. The number of rotatable bonds is 3. The molecule has 0 bridgehead atoms. The topological polar surface area (TPSA) is 36.7 Å². The fraction of sp³-hybridized carbons (Fsp3) is 0.200. The number of nitriles is 1. The first-order chi connectivity index (χ1) is 10.3. The molecule has 0 saturated carbocycles. The first-order valence-electron chi connectivity index (χ1n) is 6.17. The van der Waals surface area contributed by atoms with Crippen LogP contribution in [0.1, 0.15) is 22.4 Å². The Morgan fingerprint density at radius 2 is 2.00 bits per heavy atom. The van der Waals surface area contributed by atoms with Gasteiger partial charge in [-0.15, -0.1) is 11.8 Å². The molecule has 0 atom stereocenters. The molecule has 2 rings (SSSR count). The van der Waals surface area contributed by atoms with Crippen LogP contribution in [0.5, 0.6) is 0 Å². The Bertz CT molecular complexity index is 735. The van der Waals surface area contributed by atoms with Gasteiger partial charge in [0.15, 0.2) is 0 Å². The first kappa shape index (κ1) is 16.3. The zero-order chi connectivity index (χ0) is 16.3. The van der Waals surface area contributed by atoms with Crippen LogP contribution in [0.2, 0.25) is 0 Å². The maximum atomic E-state index is 13.1. The summed E-state index contributed by atoms with van der Waals surface area (Å²) in [5.41, 5.74) is -0.720. The Morgan fingerprint density at radius 1 is 1.27 bits per heavy atom. The van der Waals surface area contributed by atoms with Crippen molar-refractivity contribution in [1.82, 2.24) is 4.98 Å². The second-order valence-corrected chi connectivity index (χ2v) is 5.48. The predicted molar refractivity (Wildman–Crippen MR) is 74.7 cm³/mol. The van der Waals surface area contributed by atoms with Crippen molar-refractivity contribution in [1.29, 1.82) is 5.26 Å². The maximum Gasteiger partial charge on any atom is 0.417 e. The number of hydrogen-bond acceptors (Lipinski definition) is 3. The maximum absolute atomic E-state index is 13.1. The van der Waals surface area contributed by atoms with Crippen molar-refractivity contribution in [3.05, 3.63) is 58.5 Å². The number of thioether (sulfide) groups is 1. The number of hydrogen-bond donors (Lipinski definition) is 0. The molecule has 0 aliphatic heterocycles. The molecule has 0 spiro atoms. The van der Waals surface area contributed by atoms with Gasteiger partial charge in [0.05, 0.1) is 11.1 Å². The SMILES string of the molecule is Cc1cc(C(F)(F)F)c(C#N)c(SCc2cccc(F)c2)n1.